The second-order valence-electron chi connectivity index (χ2n) is 6.69. The molecule has 27 heavy (non-hydrogen) atoms. The molecule has 0 unspecified atom stereocenters. The zero-order valence-electron chi connectivity index (χ0n) is 15.0. The highest BCUT2D eigenvalue weighted by Crippen LogP contribution is 2.18. The minimum atomic E-state index is -0.232. The van der Waals surface area contributed by atoms with Crippen molar-refractivity contribution in [2.24, 2.45) is 0 Å². The average Bonchev–Trinajstić information content (AvgIpc) is 3.22. The Morgan fingerprint density at radius 2 is 1.67 bits per heavy atom. The summed E-state index contributed by atoms with van der Waals surface area (Å²) < 4.78 is 15.1. The van der Waals surface area contributed by atoms with Gasteiger partial charge in [0.1, 0.15) is 5.82 Å². The molecule has 2 aromatic carbocycles. The summed E-state index contributed by atoms with van der Waals surface area (Å²) in [4.78, 5) is 20.9. The van der Waals surface area contributed by atoms with Crippen molar-refractivity contribution >= 4 is 11.6 Å². The number of carbonyl (C=O) groups is 1. The van der Waals surface area contributed by atoms with E-state index in [9.17, 15) is 9.18 Å². The molecule has 2 heterocycles. The first-order chi connectivity index (χ1) is 13.2. The second-order valence-corrected chi connectivity index (χ2v) is 6.69. The summed E-state index contributed by atoms with van der Waals surface area (Å²) >= 11 is 0. The van der Waals surface area contributed by atoms with E-state index in [2.05, 4.69) is 9.88 Å². The number of halogens is 1. The van der Waals surface area contributed by atoms with E-state index in [1.54, 1.807) is 24.7 Å². The molecule has 0 saturated carbocycles. The molecule has 0 spiro atoms. The summed E-state index contributed by atoms with van der Waals surface area (Å²) in [6.07, 6.45) is 5.45. The van der Waals surface area contributed by atoms with E-state index in [1.165, 1.54) is 12.1 Å². The number of rotatable bonds is 4. The van der Waals surface area contributed by atoms with E-state index in [-0.39, 0.29) is 11.7 Å². The molecule has 1 fully saturated rings. The van der Waals surface area contributed by atoms with E-state index in [0.717, 1.165) is 30.9 Å². The van der Waals surface area contributed by atoms with Crippen LogP contribution in [0.25, 0.3) is 0 Å². The van der Waals surface area contributed by atoms with Gasteiger partial charge in [0.05, 0.1) is 6.33 Å². The van der Waals surface area contributed by atoms with Crippen molar-refractivity contribution in [3.8, 4) is 0 Å². The van der Waals surface area contributed by atoms with Gasteiger partial charge in [0.2, 0.25) is 0 Å². The van der Waals surface area contributed by atoms with Crippen molar-refractivity contribution in [2.45, 2.75) is 6.54 Å². The molecule has 1 saturated heterocycles. The van der Waals surface area contributed by atoms with Crippen LogP contribution in [0.5, 0.6) is 0 Å². The molecule has 0 bridgehead atoms. The summed E-state index contributed by atoms with van der Waals surface area (Å²) in [7, 11) is 0. The van der Waals surface area contributed by atoms with Gasteiger partial charge in [-0.3, -0.25) is 4.79 Å². The Morgan fingerprint density at radius 1 is 0.963 bits per heavy atom. The van der Waals surface area contributed by atoms with Crippen LogP contribution in [-0.4, -0.2) is 46.5 Å². The minimum Gasteiger partial charge on any atom is -0.368 e. The molecule has 0 N–H and O–H groups in total. The number of carbonyl (C=O) groups excluding carboxylic acids is 1. The highest BCUT2D eigenvalue weighted by atomic mass is 19.1. The Hall–Kier alpha value is -3.15. The van der Waals surface area contributed by atoms with Crippen LogP contribution in [0, 0.1) is 5.82 Å². The van der Waals surface area contributed by atoms with Crippen LogP contribution in [0.1, 0.15) is 15.9 Å². The van der Waals surface area contributed by atoms with Crippen LogP contribution in [0.4, 0.5) is 10.1 Å². The Bertz CT molecular complexity index is 883. The molecule has 0 atom stereocenters. The van der Waals surface area contributed by atoms with Gasteiger partial charge in [0, 0.05) is 56.4 Å². The van der Waals surface area contributed by atoms with E-state index >= 15 is 0 Å². The van der Waals surface area contributed by atoms with Crippen molar-refractivity contribution in [1.29, 1.82) is 0 Å². The zero-order valence-corrected chi connectivity index (χ0v) is 15.0. The monoisotopic (exact) mass is 364 g/mol. The number of piperazine rings is 1. The number of imidazole rings is 1. The van der Waals surface area contributed by atoms with Gasteiger partial charge in [-0.05, 0) is 42.0 Å². The third-order valence-corrected chi connectivity index (χ3v) is 4.88. The molecule has 4 rings (SSSR count). The summed E-state index contributed by atoms with van der Waals surface area (Å²) in [6.45, 7) is 3.55. The summed E-state index contributed by atoms with van der Waals surface area (Å²) in [5.41, 5.74) is 2.83. The lowest BCUT2D eigenvalue weighted by atomic mass is 10.1. The molecular formula is C21H21FN4O. The molecule has 138 valence electrons. The van der Waals surface area contributed by atoms with Crippen LogP contribution >= 0.6 is 0 Å². The molecule has 5 nitrogen and oxygen atoms in total. The Kier molecular flexibility index (Phi) is 4.87. The largest absolute Gasteiger partial charge is 0.368 e. The normalized spacial score (nSPS) is 14.4. The molecule has 3 aromatic rings. The van der Waals surface area contributed by atoms with Crippen molar-refractivity contribution in [3.05, 3.63) is 84.2 Å². The van der Waals surface area contributed by atoms with Crippen LogP contribution in [-0.2, 0) is 6.54 Å². The third-order valence-electron chi connectivity index (χ3n) is 4.88. The topological polar surface area (TPSA) is 41.4 Å². The van der Waals surface area contributed by atoms with Gasteiger partial charge < -0.3 is 14.4 Å². The van der Waals surface area contributed by atoms with Gasteiger partial charge in [-0.1, -0.05) is 12.1 Å². The maximum atomic E-state index is 13.1. The van der Waals surface area contributed by atoms with E-state index in [4.69, 9.17) is 0 Å². The van der Waals surface area contributed by atoms with Gasteiger partial charge in [-0.2, -0.15) is 0 Å². The number of hydrogen-bond acceptors (Lipinski definition) is 3. The number of anilines is 1. The summed E-state index contributed by atoms with van der Waals surface area (Å²) in [6, 6.07) is 14.3. The predicted octanol–water partition coefficient (Wildman–Crippen LogP) is 3.03. The fraction of sp³-hybridized carbons (Fsp3) is 0.238. The molecule has 1 aliphatic heterocycles. The molecule has 6 heteroatoms. The van der Waals surface area contributed by atoms with Crippen LogP contribution in [0.2, 0.25) is 0 Å². The molecule has 1 aromatic heterocycles. The summed E-state index contributed by atoms with van der Waals surface area (Å²) in [5.74, 6) is -0.174. The van der Waals surface area contributed by atoms with Gasteiger partial charge in [-0.25, -0.2) is 9.37 Å². The quantitative estimate of drug-likeness (QED) is 0.715. The number of nitrogens with zero attached hydrogens (tertiary/aromatic N) is 4. The lowest BCUT2D eigenvalue weighted by Crippen LogP contribution is -2.48. The maximum absolute atomic E-state index is 13.1. The molecule has 0 aliphatic carbocycles. The Morgan fingerprint density at radius 3 is 2.30 bits per heavy atom. The van der Waals surface area contributed by atoms with Crippen molar-refractivity contribution < 1.29 is 9.18 Å². The molecular weight excluding hydrogens is 343 g/mol. The standard InChI is InChI=1S/C21H21FN4O/c22-19-5-7-20(8-6-19)25-11-13-26(14-12-25)21(27)18-3-1-17(2-4-18)15-24-10-9-23-16-24/h1-10,16H,11-15H2. The van der Waals surface area contributed by atoms with E-state index < -0.39 is 0 Å². The molecule has 1 aliphatic rings. The fourth-order valence-corrected chi connectivity index (χ4v) is 3.35. The fourth-order valence-electron chi connectivity index (χ4n) is 3.35. The van der Waals surface area contributed by atoms with Crippen LogP contribution < -0.4 is 4.90 Å². The Balaban J connectivity index is 1.35. The third kappa shape index (κ3) is 4.00. The first kappa shape index (κ1) is 17.3. The van der Waals surface area contributed by atoms with Crippen molar-refractivity contribution in [1.82, 2.24) is 14.5 Å². The van der Waals surface area contributed by atoms with Gasteiger partial charge in [-0.15, -0.1) is 0 Å². The first-order valence-electron chi connectivity index (χ1n) is 9.03. The van der Waals surface area contributed by atoms with Crippen LogP contribution in [0.3, 0.4) is 0 Å². The number of aromatic nitrogens is 2. The minimum absolute atomic E-state index is 0.0583. The lowest BCUT2D eigenvalue weighted by Gasteiger charge is -2.36. The van der Waals surface area contributed by atoms with Crippen LogP contribution in [0.15, 0.2) is 67.3 Å². The maximum Gasteiger partial charge on any atom is 0.253 e. The second kappa shape index (κ2) is 7.61. The lowest BCUT2D eigenvalue weighted by molar-refractivity contribution is 0.0747. The number of benzene rings is 2. The number of amides is 1. The molecule has 0 radical (unpaired) electrons. The predicted molar refractivity (Wildman–Crippen MR) is 102 cm³/mol. The number of hydrogen-bond donors (Lipinski definition) is 0. The smallest absolute Gasteiger partial charge is 0.253 e. The van der Waals surface area contributed by atoms with E-state index in [0.29, 0.717) is 18.7 Å². The SMILES string of the molecule is O=C(c1ccc(Cn2ccnc2)cc1)N1CCN(c2ccc(F)cc2)CC1. The van der Waals surface area contributed by atoms with Crippen molar-refractivity contribution in [2.75, 3.05) is 31.1 Å². The Labute approximate surface area is 157 Å². The molecule has 1 amide bonds. The van der Waals surface area contributed by atoms with Gasteiger partial charge in [0.25, 0.3) is 5.91 Å². The summed E-state index contributed by atoms with van der Waals surface area (Å²) in [5, 5.41) is 0. The highest BCUT2D eigenvalue weighted by Gasteiger charge is 2.22. The average molecular weight is 364 g/mol. The van der Waals surface area contributed by atoms with Crippen molar-refractivity contribution in [3.63, 3.8) is 0 Å². The zero-order chi connectivity index (χ0) is 18.6. The van der Waals surface area contributed by atoms with Gasteiger partial charge >= 0.3 is 0 Å². The highest BCUT2D eigenvalue weighted by molar-refractivity contribution is 5.94. The van der Waals surface area contributed by atoms with Gasteiger partial charge in [0.15, 0.2) is 0 Å². The van der Waals surface area contributed by atoms with E-state index in [1.807, 2.05) is 39.9 Å². The first-order valence-corrected chi connectivity index (χ1v) is 9.03.